The van der Waals surface area contributed by atoms with Crippen LogP contribution in [-0.2, 0) is 23.9 Å². The standard InChI is InChI=1S/C12H19NO5/c1-4-10(14)13-9(12(16)18-6-3)7-8-11(15)17-5-2/h4,9H,1,5-8H2,2-3H3,(H,13,14)/t9-/m0/s1. The van der Waals surface area contributed by atoms with Crippen molar-refractivity contribution < 1.29 is 23.9 Å². The van der Waals surface area contributed by atoms with Gasteiger partial charge in [-0.15, -0.1) is 0 Å². The predicted octanol–water partition coefficient (Wildman–Crippen LogP) is 0.564. The summed E-state index contributed by atoms with van der Waals surface area (Å²) in [5, 5.41) is 2.41. The number of hydrogen-bond acceptors (Lipinski definition) is 5. The molecule has 0 spiro atoms. The summed E-state index contributed by atoms with van der Waals surface area (Å²) in [5.41, 5.74) is 0. The molecule has 102 valence electrons. The molecule has 1 N–H and O–H groups in total. The van der Waals surface area contributed by atoms with Crippen molar-refractivity contribution in [2.24, 2.45) is 0 Å². The summed E-state index contributed by atoms with van der Waals surface area (Å²) in [5.74, 6) is -1.48. The fourth-order valence-corrected chi connectivity index (χ4v) is 1.22. The van der Waals surface area contributed by atoms with Crippen LogP contribution in [-0.4, -0.2) is 37.1 Å². The molecule has 0 aromatic carbocycles. The largest absolute Gasteiger partial charge is 0.466 e. The highest BCUT2D eigenvalue weighted by atomic mass is 16.5. The zero-order valence-electron chi connectivity index (χ0n) is 10.7. The lowest BCUT2D eigenvalue weighted by Crippen LogP contribution is -2.41. The van der Waals surface area contributed by atoms with Gasteiger partial charge < -0.3 is 14.8 Å². The van der Waals surface area contributed by atoms with Crippen LogP contribution in [0.1, 0.15) is 26.7 Å². The first kappa shape index (κ1) is 16.1. The molecule has 1 amide bonds. The lowest BCUT2D eigenvalue weighted by Gasteiger charge is -2.15. The second kappa shape index (κ2) is 9.21. The Balaban J connectivity index is 4.37. The number of rotatable bonds is 8. The van der Waals surface area contributed by atoms with E-state index in [1.165, 1.54) is 0 Å². The highest BCUT2D eigenvalue weighted by molar-refractivity contribution is 5.91. The van der Waals surface area contributed by atoms with Gasteiger partial charge in [-0.1, -0.05) is 6.58 Å². The van der Waals surface area contributed by atoms with Crippen LogP contribution < -0.4 is 5.32 Å². The smallest absolute Gasteiger partial charge is 0.328 e. The van der Waals surface area contributed by atoms with Crippen LogP contribution in [0.5, 0.6) is 0 Å². The van der Waals surface area contributed by atoms with E-state index in [2.05, 4.69) is 11.9 Å². The minimum atomic E-state index is -0.861. The van der Waals surface area contributed by atoms with Crippen LogP contribution in [0, 0.1) is 0 Å². The summed E-state index contributed by atoms with van der Waals surface area (Å²) in [6, 6.07) is -0.861. The molecule has 0 bridgehead atoms. The summed E-state index contributed by atoms with van der Waals surface area (Å²) < 4.78 is 9.54. The fourth-order valence-electron chi connectivity index (χ4n) is 1.22. The monoisotopic (exact) mass is 257 g/mol. The van der Waals surface area contributed by atoms with E-state index < -0.39 is 23.9 Å². The lowest BCUT2D eigenvalue weighted by atomic mass is 10.1. The number of ether oxygens (including phenoxy) is 2. The first-order valence-electron chi connectivity index (χ1n) is 5.80. The highest BCUT2D eigenvalue weighted by Crippen LogP contribution is 2.02. The number of amides is 1. The summed E-state index contributed by atoms with van der Waals surface area (Å²) in [7, 11) is 0. The van der Waals surface area contributed by atoms with Crippen LogP contribution >= 0.6 is 0 Å². The van der Waals surface area contributed by atoms with Crippen LogP contribution in [0.3, 0.4) is 0 Å². The van der Waals surface area contributed by atoms with Crippen molar-refractivity contribution in [1.29, 1.82) is 0 Å². The Labute approximate surface area is 106 Å². The maximum atomic E-state index is 11.5. The summed E-state index contributed by atoms with van der Waals surface area (Å²) >= 11 is 0. The van der Waals surface area contributed by atoms with Crippen molar-refractivity contribution in [2.45, 2.75) is 32.7 Å². The quantitative estimate of drug-likeness (QED) is 0.507. The van der Waals surface area contributed by atoms with Gasteiger partial charge in [0.05, 0.1) is 13.2 Å². The second-order valence-corrected chi connectivity index (χ2v) is 3.36. The van der Waals surface area contributed by atoms with E-state index in [0.29, 0.717) is 0 Å². The molecule has 0 radical (unpaired) electrons. The van der Waals surface area contributed by atoms with E-state index in [0.717, 1.165) is 6.08 Å². The first-order valence-corrected chi connectivity index (χ1v) is 5.80. The van der Waals surface area contributed by atoms with Gasteiger partial charge in [0.2, 0.25) is 5.91 Å². The van der Waals surface area contributed by atoms with Gasteiger partial charge in [0.25, 0.3) is 0 Å². The van der Waals surface area contributed by atoms with Gasteiger partial charge in [0.15, 0.2) is 0 Å². The zero-order chi connectivity index (χ0) is 14.0. The third-order valence-corrected chi connectivity index (χ3v) is 2.02. The van der Waals surface area contributed by atoms with Crippen LogP contribution in [0.4, 0.5) is 0 Å². The Kier molecular flexibility index (Phi) is 8.26. The molecule has 0 aliphatic carbocycles. The number of carbonyl (C=O) groups excluding carboxylic acids is 3. The van der Waals surface area contributed by atoms with Crippen molar-refractivity contribution in [3.05, 3.63) is 12.7 Å². The molecule has 0 fully saturated rings. The van der Waals surface area contributed by atoms with Gasteiger partial charge in [-0.05, 0) is 26.3 Å². The van der Waals surface area contributed by atoms with Gasteiger partial charge in [0.1, 0.15) is 6.04 Å². The normalized spacial score (nSPS) is 11.2. The molecule has 0 aliphatic rings. The molecule has 0 rings (SSSR count). The third kappa shape index (κ3) is 6.67. The second-order valence-electron chi connectivity index (χ2n) is 3.36. The third-order valence-electron chi connectivity index (χ3n) is 2.02. The van der Waals surface area contributed by atoms with Gasteiger partial charge >= 0.3 is 11.9 Å². The molecule has 1 atom stereocenters. The van der Waals surface area contributed by atoms with Crippen LogP contribution in [0.2, 0.25) is 0 Å². The predicted molar refractivity (Wildman–Crippen MR) is 64.6 cm³/mol. The number of esters is 2. The summed E-state index contributed by atoms with van der Waals surface area (Å²) in [6.07, 6.45) is 1.22. The van der Waals surface area contributed by atoms with Crippen LogP contribution in [0.15, 0.2) is 12.7 Å². The Bertz CT molecular complexity index is 314. The van der Waals surface area contributed by atoms with E-state index in [9.17, 15) is 14.4 Å². The minimum absolute atomic E-state index is 0.0365. The van der Waals surface area contributed by atoms with Crippen LogP contribution in [0.25, 0.3) is 0 Å². The fraction of sp³-hybridized carbons (Fsp3) is 0.583. The lowest BCUT2D eigenvalue weighted by molar-refractivity contribution is -0.148. The minimum Gasteiger partial charge on any atom is -0.466 e. The SMILES string of the molecule is C=CC(=O)N[C@@H](CCC(=O)OCC)C(=O)OCC. The molecule has 18 heavy (non-hydrogen) atoms. The molecule has 0 unspecified atom stereocenters. The van der Waals surface area contributed by atoms with Crippen molar-refractivity contribution in [2.75, 3.05) is 13.2 Å². The molecule has 0 aromatic rings. The number of carbonyl (C=O) groups is 3. The average Bonchev–Trinajstić information content (AvgIpc) is 2.34. The van der Waals surface area contributed by atoms with E-state index >= 15 is 0 Å². The van der Waals surface area contributed by atoms with Gasteiger partial charge in [-0.2, -0.15) is 0 Å². The van der Waals surface area contributed by atoms with Crippen molar-refractivity contribution in [3.63, 3.8) is 0 Å². The van der Waals surface area contributed by atoms with Crippen molar-refractivity contribution in [1.82, 2.24) is 5.32 Å². The molecule has 0 saturated carbocycles. The first-order chi connectivity index (χ1) is 8.54. The molecule has 6 heteroatoms. The molecule has 6 nitrogen and oxygen atoms in total. The number of hydrogen-bond donors (Lipinski definition) is 1. The molecule has 0 aliphatic heterocycles. The van der Waals surface area contributed by atoms with Crippen molar-refractivity contribution >= 4 is 17.8 Å². The van der Waals surface area contributed by atoms with Gasteiger partial charge in [-0.3, -0.25) is 9.59 Å². The molecule has 0 aromatic heterocycles. The Morgan fingerprint density at radius 3 is 2.33 bits per heavy atom. The van der Waals surface area contributed by atoms with Gasteiger partial charge in [-0.25, -0.2) is 4.79 Å². The maximum Gasteiger partial charge on any atom is 0.328 e. The Hall–Kier alpha value is -1.85. The maximum absolute atomic E-state index is 11.5. The zero-order valence-corrected chi connectivity index (χ0v) is 10.7. The summed E-state index contributed by atoms with van der Waals surface area (Å²) in [4.78, 5) is 33.9. The van der Waals surface area contributed by atoms with E-state index in [1.807, 2.05) is 0 Å². The van der Waals surface area contributed by atoms with E-state index in [1.54, 1.807) is 13.8 Å². The van der Waals surface area contributed by atoms with Crippen molar-refractivity contribution in [3.8, 4) is 0 Å². The highest BCUT2D eigenvalue weighted by Gasteiger charge is 2.22. The van der Waals surface area contributed by atoms with Gasteiger partial charge in [0, 0.05) is 6.42 Å². The summed E-state index contributed by atoms with van der Waals surface area (Å²) in [6.45, 7) is 7.13. The average molecular weight is 257 g/mol. The van der Waals surface area contributed by atoms with E-state index in [-0.39, 0.29) is 26.1 Å². The topological polar surface area (TPSA) is 81.7 Å². The Morgan fingerprint density at radius 1 is 1.22 bits per heavy atom. The van der Waals surface area contributed by atoms with E-state index in [4.69, 9.17) is 9.47 Å². The molecule has 0 saturated heterocycles. The molecular formula is C12H19NO5. The molecular weight excluding hydrogens is 238 g/mol. The molecule has 0 heterocycles. The number of nitrogens with one attached hydrogen (secondary N) is 1. The Morgan fingerprint density at radius 2 is 1.83 bits per heavy atom.